The van der Waals surface area contributed by atoms with Gasteiger partial charge < -0.3 is 4.98 Å². The van der Waals surface area contributed by atoms with E-state index in [2.05, 4.69) is 39.1 Å². The minimum atomic E-state index is 0.136. The number of H-pyrrole nitrogens is 1. The van der Waals surface area contributed by atoms with Crippen molar-refractivity contribution >= 4 is 11.6 Å². The quantitative estimate of drug-likeness (QED) is 0.813. The first kappa shape index (κ1) is 13.1. The number of hydrogen-bond donors (Lipinski definition) is 1. The van der Waals surface area contributed by atoms with Gasteiger partial charge in [-0.05, 0) is 12.5 Å². The Kier molecular flexibility index (Phi) is 4.79. The average molecular weight is 264 g/mol. The van der Waals surface area contributed by atoms with Crippen LogP contribution >= 0.6 is 11.6 Å². The normalized spacial score (nSPS) is 12.8. The fraction of sp³-hybridized carbons (Fsp3) is 0.357. The van der Waals surface area contributed by atoms with Gasteiger partial charge in [0.15, 0.2) is 0 Å². The largest absolute Gasteiger partial charge is 0.347 e. The molecule has 0 radical (unpaired) electrons. The maximum atomic E-state index is 6.11. The Labute approximate surface area is 113 Å². The van der Waals surface area contributed by atoms with Gasteiger partial charge in [-0.1, -0.05) is 30.3 Å². The van der Waals surface area contributed by atoms with Gasteiger partial charge >= 0.3 is 0 Å². The lowest BCUT2D eigenvalue weighted by Crippen LogP contribution is -2.28. The molecule has 0 saturated carbocycles. The highest BCUT2D eigenvalue weighted by Crippen LogP contribution is 2.10. The Morgan fingerprint density at radius 1 is 1.28 bits per heavy atom. The highest BCUT2D eigenvalue weighted by molar-refractivity contribution is 6.20. The van der Waals surface area contributed by atoms with E-state index in [1.807, 2.05) is 19.2 Å². The summed E-state index contributed by atoms with van der Waals surface area (Å²) in [6.07, 6.45) is 3.57. The first-order valence-corrected chi connectivity index (χ1v) is 6.55. The number of alkyl halides is 1. The molecule has 1 aromatic carbocycles. The number of hydrogen-bond acceptors (Lipinski definition) is 2. The summed E-state index contributed by atoms with van der Waals surface area (Å²) in [4.78, 5) is 9.50. The van der Waals surface area contributed by atoms with Gasteiger partial charge in [-0.3, -0.25) is 4.90 Å². The van der Waals surface area contributed by atoms with Gasteiger partial charge in [-0.15, -0.1) is 11.6 Å². The Hall–Kier alpha value is -1.32. The van der Waals surface area contributed by atoms with Crippen molar-refractivity contribution < 1.29 is 0 Å². The molecule has 1 atom stereocenters. The summed E-state index contributed by atoms with van der Waals surface area (Å²) >= 11 is 6.11. The minimum Gasteiger partial charge on any atom is -0.347 e. The molecule has 0 amide bonds. The van der Waals surface area contributed by atoms with Crippen LogP contribution in [0.15, 0.2) is 42.9 Å². The number of aromatic amines is 1. The van der Waals surface area contributed by atoms with E-state index in [1.165, 1.54) is 5.56 Å². The zero-order chi connectivity index (χ0) is 12.8. The summed E-state index contributed by atoms with van der Waals surface area (Å²) in [6, 6.07) is 10.4. The second kappa shape index (κ2) is 6.57. The molecular formula is C14H18ClN3. The first-order valence-electron chi connectivity index (χ1n) is 6.11. The molecule has 1 N–H and O–H groups in total. The van der Waals surface area contributed by atoms with Gasteiger partial charge in [0.1, 0.15) is 0 Å². The van der Waals surface area contributed by atoms with E-state index in [1.54, 1.807) is 6.33 Å². The minimum absolute atomic E-state index is 0.136. The molecule has 0 fully saturated rings. The van der Waals surface area contributed by atoms with Gasteiger partial charge in [0, 0.05) is 36.9 Å². The van der Waals surface area contributed by atoms with Crippen molar-refractivity contribution in [2.75, 3.05) is 6.54 Å². The highest BCUT2D eigenvalue weighted by atomic mass is 35.5. The number of benzene rings is 1. The Bertz CT molecular complexity index is 439. The summed E-state index contributed by atoms with van der Waals surface area (Å²) in [5, 5.41) is 0.136. The predicted molar refractivity (Wildman–Crippen MR) is 74.5 cm³/mol. The smallest absolute Gasteiger partial charge is 0.0922 e. The zero-order valence-corrected chi connectivity index (χ0v) is 11.3. The second-order valence-corrected chi connectivity index (χ2v) is 5.26. The molecule has 4 heteroatoms. The van der Waals surface area contributed by atoms with Crippen LogP contribution in [0.4, 0.5) is 0 Å². The van der Waals surface area contributed by atoms with Crippen molar-refractivity contribution in [2.45, 2.75) is 25.4 Å². The van der Waals surface area contributed by atoms with Gasteiger partial charge in [0.05, 0.1) is 6.33 Å². The lowest BCUT2D eigenvalue weighted by atomic mass is 10.2. The molecule has 1 unspecified atom stereocenters. The molecule has 0 bridgehead atoms. The highest BCUT2D eigenvalue weighted by Gasteiger charge is 2.10. The van der Waals surface area contributed by atoms with E-state index in [0.717, 1.165) is 25.3 Å². The van der Waals surface area contributed by atoms with Crippen LogP contribution in [0.25, 0.3) is 0 Å². The maximum Gasteiger partial charge on any atom is 0.0922 e. The molecule has 3 nitrogen and oxygen atoms in total. The van der Waals surface area contributed by atoms with Crippen LogP contribution in [-0.4, -0.2) is 26.8 Å². The number of rotatable bonds is 6. The molecule has 0 saturated heterocycles. The van der Waals surface area contributed by atoms with Crippen LogP contribution in [-0.2, 0) is 13.1 Å². The van der Waals surface area contributed by atoms with Crippen LogP contribution in [0.3, 0.4) is 0 Å². The van der Waals surface area contributed by atoms with E-state index < -0.39 is 0 Å². The Morgan fingerprint density at radius 3 is 2.67 bits per heavy atom. The third kappa shape index (κ3) is 4.17. The molecular weight excluding hydrogens is 246 g/mol. The molecule has 1 aromatic heterocycles. The van der Waals surface area contributed by atoms with E-state index in [0.29, 0.717) is 0 Å². The van der Waals surface area contributed by atoms with Crippen LogP contribution < -0.4 is 0 Å². The summed E-state index contributed by atoms with van der Waals surface area (Å²) in [6.45, 7) is 4.62. The summed E-state index contributed by atoms with van der Waals surface area (Å²) in [5.41, 5.74) is 2.41. The standard InChI is InChI=1S/C14H18ClN3/c1-12(15)8-18(10-14-7-16-11-17-14)9-13-5-3-2-4-6-13/h2-7,11-12H,8-10H2,1H3,(H,16,17). The Balaban J connectivity index is 2.01. The third-order valence-electron chi connectivity index (χ3n) is 2.71. The zero-order valence-electron chi connectivity index (χ0n) is 10.5. The molecule has 96 valence electrons. The SMILES string of the molecule is CC(Cl)CN(Cc1ccccc1)Cc1cnc[nH]1. The maximum absolute atomic E-state index is 6.11. The molecule has 18 heavy (non-hydrogen) atoms. The molecule has 2 aromatic rings. The van der Waals surface area contributed by atoms with E-state index >= 15 is 0 Å². The molecule has 0 aliphatic rings. The van der Waals surface area contributed by atoms with Gasteiger partial charge in [0.25, 0.3) is 0 Å². The van der Waals surface area contributed by atoms with Crippen LogP contribution in [0.1, 0.15) is 18.2 Å². The van der Waals surface area contributed by atoms with Crippen molar-refractivity contribution in [3.8, 4) is 0 Å². The van der Waals surface area contributed by atoms with E-state index in [9.17, 15) is 0 Å². The van der Waals surface area contributed by atoms with Crippen LogP contribution in [0.5, 0.6) is 0 Å². The number of nitrogens with one attached hydrogen (secondary N) is 1. The van der Waals surface area contributed by atoms with Gasteiger partial charge in [-0.2, -0.15) is 0 Å². The topological polar surface area (TPSA) is 31.9 Å². The summed E-state index contributed by atoms with van der Waals surface area (Å²) < 4.78 is 0. The van der Waals surface area contributed by atoms with Gasteiger partial charge in [-0.25, -0.2) is 4.98 Å². The fourth-order valence-corrected chi connectivity index (χ4v) is 2.19. The second-order valence-electron chi connectivity index (χ2n) is 4.51. The fourth-order valence-electron chi connectivity index (χ4n) is 1.99. The summed E-state index contributed by atoms with van der Waals surface area (Å²) in [5.74, 6) is 0. The van der Waals surface area contributed by atoms with E-state index in [-0.39, 0.29) is 5.38 Å². The average Bonchev–Trinajstić information content (AvgIpc) is 2.82. The van der Waals surface area contributed by atoms with Crippen molar-refractivity contribution in [3.63, 3.8) is 0 Å². The summed E-state index contributed by atoms with van der Waals surface area (Å²) in [7, 11) is 0. The number of halogens is 1. The third-order valence-corrected chi connectivity index (χ3v) is 2.85. The Morgan fingerprint density at radius 2 is 2.06 bits per heavy atom. The van der Waals surface area contributed by atoms with Crippen molar-refractivity contribution in [1.82, 2.24) is 14.9 Å². The number of aromatic nitrogens is 2. The van der Waals surface area contributed by atoms with Crippen molar-refractivity contribution in [1.29, 1.82) is 0 Å². The molecule has 1 heterocycles. The monoisotopic (exact) mass is 263 g/mol. The molecule has 2 rings (SSSR count). The van der Waals surface area contributed by atoms with Crippen LogP contribution in [0, 0.1) is 0 Å². The van der Waals surface area contributed by atoms with Crippen LogP contribution in [0.2, 0.25) is 0 Å². The lowest BCUT2D eigenvalue weighted by Gasteiger charge is -2.22. The van der Waals surface area contributed by atoms with Crippen molar-refractivity contribution in [3.05, 3.63) is 54.1 Å². The first-order chi connectivity index (χ1) is 8.74. The molecule has 0 aliphatic carbocycles. The lowest BCUT2D eigenvalue weighted by molar-refractivity contribution is 0.256. The van der Waals surface area contributed by atoms with Gasteiger partial charge in [0.2, 0.25) is 0 Å². The molecule has 0 aliphatic heterocycles. The van der Waals surface area contributed by atoms with E-state index in [4.69, 9.17) is 11.6 Å². The predicted octanol–water partition coefficient (Wildman–Crippen LogP) is 3.04. The van der Waals surface area contributed by atoms with Crippen molar-refractivity contribution in [2.24, 2.45) is 0 Å². The number of nitrogens with zero attached hydrogens (tertiary/aromatic N) is 2. The molecule has 0 spiro atoms. The number of imidazole rings is 1.